The van der Waals surface area contributed by atoms with Crippen LogP contribution < -0.4 is 5.43 Å². The molecule has 1 unspecified atom stereocenters. The SMILES string of the molecule is CC(C)(C)OC(=O)NN=C(C1CCOC1)C(F)(F)F. The lowest BCUT2D eigenvalue weighted by Gasteiger charge is -2.19. The Labute approximate surface area is 109 Å². The molecule has 1 atom stereocenters. The zero-order valence-electron chi connectivity index (χ0n) is 11.0. The molecule has 1 N–H and O–H groups in total. The number of hydrogen-bond donors (Lipinski definition) is 1. The summed E-state index contributed by atoms with van der Waals surface area (Å²) >= 11 is 0. The van der Waals surface area contributed by atoms with Crippen molar-refractivity contribution in [2.45, 2.75) is 39.0 Å². The van der Waals surface area contributed by atoms with Gasteiger partial charge in [0.1, 0.15) is 11.3 Å². The van der Waals surface area contributed by atoms with E-state index in [-0.39, 0.29) is 19.6 Å². The first-order valence-corrected chi connectivity index (χ1v) is 5.81. The molecule has 1 amide bonds. The van der Waals surface area contributed by atoms with Gasteiger partial charge < -0.3 is 9.47 Å². The maximum absolute atomic E-state index is 12.8. The van der Waals surface area contributed by atoms with Crippen LogP contribution in [0.4, 0.5) is 18.0 Å². The number of rotatable bonds is 2. The van der Waals surface area contributed by atoms with E-state index in [9.17, 15) is 18.0 Å². The average Bonchev–Trinajstić information content (AvgIpc) is 2.65. The molecule has 1 aliphatic heterocycles. The molecule has 19 heavy (non-hydrogen) atoms. The molecule has 0 saturated carbocycles. The largest absolute Gasteiger partial charge is 0.443 e. The summed E-state index contributed by atoms with van der Waals surface area (Å²) in [5.41, 5.74) is -0.0687. The van der Waals surface area contributed by atoms with Gasteiger partial charge in [0, 0.05) is 12.5 Å². The molecule has 0 aromatic carbocycles. The molecule has 1 rings (SSSR count). The van der Waals surface area contributed by atoms with Crippen molar-refractivity contribution in [2.24, 2.45) is 11.0 Å². The summed E-state index contributed by atoms with van der Waals surface area (Å²) in [5, 5.41) is 3.15. The fourth-order valence-electron chi connectivity index (χ4n) is 1.54. The number of carbonyl (C=O) groups excluding carboxylic acids is 1. The van der Waals surface area contributed by atoms with Crippen molar-refractivity contribution in [3.63, 3.8) is 0 Å². The van der Waals surface area contributed by atoms with Crippen molar-refractivity contribution >= 4 is 11.8 Å². The second kappa shape index (κ2) is 5.77. The molecule has 0 radical (unpaired) electrons. The Hall–Kier alpha value is -1.31. The van der Waals surface area contributed by atoms with Crippen LogP contribution in [-0.2, 0) is 9.47 Å². The van der Waals surface area contributed by atoms with E-state index in [1.54, 1.807) is 26.2 Å². The van der Waals surface area contributed by atoms with Gasteiger partial charge in [0.2, 0.25) is 0 Å². The number of ether oxygens (including phenoxy) is 2. The van der Waals surface area contributed by atoms with E-state index in [0.29, 0.717) is 0 Å². The lowest BCUT2D eigenvalue weighted by molar-refractivity contribution is -0.0635. The topological polar surface area (TPSA) is 59.9 Å². The van der Waals surface area contributed by atoms with E-state index in [4.69, 9.17) is 9.47 Å². The van der Waals surface area contributed by atoms with Crippen molar-refractivity contribution in [1.29, 1.82) is 0 Å². The van der Waals surface area contributed by atoms with Crippen LogP contribution in [0.3, 0.4) is 0 Å². The van der Waals surface area contributed by atoms with Gasteiger partial charge in [-0.05, 0) is 27.2 Å². The van der Waals surface area contributed by atoms with Gasteiger partial charge in [0.25, 0.3) is 0 Å². The molecular weight excluding hydrogens is 265 g/mol. The molecule has 8 heteroatoms. The smallest absolute Gasteiger partial charge is 0.431 e. The lowest BCUT2D eigenvalue weighted by Crippen LogP contribution is -2.36. The molecule has 1 fully saturated rings. The highest BCUT2D eigenvalue weighted by Gasteiger charge is 2.42. The number of nitrogens with one attached hydrogen (secondary N) is 1. The number of hydrazone groups is 1. The highest BCUT2D eigenvalue weighted by molar-refractivity contribution is 5.92. The zero-order valence-corrected chi connectivity index (χ0v) is 11.0. The molecule has 0 bridgehead atoms. The second-order valence-corrected chi connectivity index (χ2v) is 5.17. The molecular formula is C11H17F3N2O3. The van der Waals surface area contributed by atoms with Crippen LogP contribution in [-0.4, -0.2) is 36.8 Å². The Morgan fingerprint density at radius 2 is 2.00 bits per heavy atom. The van der Waals surface area contributed by atoms with Gasteiger partial charge in [-0.25, -0.2) is 10.2 Å². The van der Waals surface area contributed by atoms with Crippen molar-refractivity contribution in [3.05, 3.63) is 0 Å². The minimum atomic E-state index is -4.60. The summed E-state index contributed by atoms with van der Waals surface area (Å²) in [7, 11) is 0. The first-order valence-electron chi connectivity index (χ1n) is 5.81. The first kappa shape index (κ1) is 15.7. The number of halogens is 3. The van der Waals surface area contributed by atoms with Gasteiger partial charge in [0.15, 0.2) is 0 Å². The summed E-state index contributed by atoms with van der Waals surface area (Å²) < 4.78 is 48.0. The minimum Gasteiger partial charge on any atom is -0.443 e. The predicted octanol–water partition coefficient (Wildman–Crippen LogP) is 2.47. The van der Waals surface area contributed by atoms with Crippen LogP contribution in [0.1, 0.15) is 27.2 Å². The number of alkyl halides is 3. The standard InChI is InChI=1S/C11H17F3N2O3/c1-10(2,3)19-9(17)16-15-8(11(12,13)14)7-4-5-18-6-7/h7H,4-6H2,1-3H3,(H,16,17). The monoisotopic (exact) mass is 282 g/mol. The number of hydrogen-bond acceptors (Lipinski definition) is 4. The highest BCUT2D eigenvalue weighted by atomic mass is 19.4. The van der Waals surface area contributed by atoms with Gasteiger partial charge in [-0.1, -0.05) is 0 Å². The summed E-state index contributed by atoms with van der Waals surface area (Å²) in [6, 6.07) is 0. The van der Waals surface area contributed by atoms with Crippen LogP contribution in [0.25, 0.3) is 0 Å². The van der Waals surface area contributed by atoms with Gasteiger partial charge >= 0.3 is 12.3 Å². The summed E-state index contributed by atoms with van der Waals surface area (Å²) in [4.78, 5) is 11.3. The van der Waals surface area contributed by atoms with E-state index in [1.165, 1.54) is 0 Å². The van der Waals surface area contributed by atoms with Gasteiger partial charge in [-0.2, -0.15) is 18.3 Å². The summed E-state index contributed by atoms with van der Waals surface area (Å²) in [5.74, 6) is -0.852. The number of carbonyl (C=O) groups is 1. The normalized spacial score (nSPS) is 21.4. The van der Waals surface area contributed by atoms with E-state index >= 15 is 0 Å². The van der Waals surface area contributed by atoms with E-state index in [0.717, 1.165) is 0 Å². The zero-order chi connectivity index (χ0) is 14.7. The van der Waals surface area contributed by atoms with Gasteiger partial charge in [0.05, 0.1) is 6.61 Å². The van der Waals surface area contributed by atoms with Crippen LogP contribution in [0.15, 0.2) is 5.10 Å². The Balaban J connectivity index is 2.70. The Bertz CT molecular complexity index is 355. The number of nitrogens with zero attached hydrogens (tertiary/aromatic N) is 1. The molecule has 0 spiro atoms. The molecule has 1 heterocycles. The predicted molar refractivity (Wildman–Crippen MR) is 61.8 cm³/mol. The third-order valence-electron chi connectivity index (χ3n) is 2.27. The van der Waals surface area contributed by atoms with Crippen molar-refractivity contribution in [2.75, 3.05) is 13.2 Å². The fourth-order valence-corrected chi connectivity index (χ4v) is 1.54. The Kier molecular flexibility index (Phi) is 4.78. The minimum absolute atomic E-state index is 0.0473. The quantitative estimate of drug-likeness (QED) is 0.625. The van der Waals surface area contributed by atoms with E-state index in [1.807, 2.05) is 0 Å². The molecule has 5 nitrogen and oxygen atoms in total. The Morgan fingerprint density at radius 3 is 2.42 bits per heavy atom. The fraction of sp³-hybridized carbons (Fsp3) is 0.818. The second-order valence-electron chi connectivity index (χ2n) is 5.17. The van der Waals surface area contributed by atoms with E-state index < -0.39 is 29.5 Å². The maximum atomic E-state index is 12.8. The molecule has 110 valence electrons. The molecule has 1 aliphatic rings. The van der Waals surface area contributed by atoms with Gasteiger partial charge in [-0.3, -0.25) is 0 Å². The lowest BCUT2D eigenvalue weighted by atomic mass is 10.0. The van der Waals surface area contributed by atoms with Gasteiger partial charge in [-0.15, -0.1) is 0 Å². The van der Waals surface area contributed by atoms with Crippen molar-refractivity contribution in [3.8, 4) is 0 Å². The third kappa shape index (κ3) is 5.46. The van der Waals surface area contributed by atoms with Crippen molar-refractivity contribution < 1.29 is 27.4 Å². The summed E-state index contributed by atoms with van der Waals surface area (Å²) in [6.07, 6.45) is -5.39. The van der Waals surface area contributed by atoms with Crippen molar-refractivity contribution in [1.82, 2.24) is 5.43 Å². The number of amides is 1. The molecule has 0 aromatic rings. The van der Waals surface area contributed by atoms with Crippen LogP contribution >= 0.6 is 0 Å². The maximum Gasteiger partial charge on any atom is 0.431 e. The first-order chi connectivity index (χ1) is 8.59. The average molecular weight is 282 g/mol. The third-order valence-corrected chi connectivity index (χ3v) is 2.27. The summed E-state index contributed by atoms with van der Waals surface area (Å²) in [6.45, 7) is 5.02. The van der Waals surface area contributed by atoms with Crippen LogP contribution in [0.5, 0.6) is 0 Å². The van der Waals surface area contributed by atoms with Crippen LogP contribution in [0, 0.1) is 5.92 Å². The molecule has 1 saturated heterocycles. The molecule has 0 aromatic heterocycles. The Morgan fingerprint density at radius 1 is 1.37 bits per heavy atom. The molecule has 0 aliphatic carbocycles. The highest BCUT2D eigenvalue weighted by Crippen LogP contribution is 2.27. The van der Waals surface area contributed by atoms with E-state index in [2.05, 4.69) is 5.10 Å². The van der Waals surface area contributed by atoms with Crippen LogP contribution in [0.2, 0.25) is 0 Å².